The number of hydrogen-bond donors (Lipinski definition) is 0. The maximum absolute atomic E-state index is 12.1. The number of carbonyl (C=O) groups excluding carboxylic acids is 1. The number of hydrogen-bond acceptors (Lipinski definition) is 3. The van der Waals surface area contributed by atoms with Crippen molar-refractivity contribution >= 4 is 17.4 Å². The Hall–Kier alpha value is -2.39. The summed E-state index contributed by atoms with van der Waals surface area (Å²) < 4.78 is 5.63. The van der Waals surface area contributed by atoms with Crippen molar-refractivity contribution in [2.24, 2.45) is 0 Å². The third-order valence-corrected chi connectivity index (χ3v) is 3.33. The van der Waals surface area contributed by atoms with Crippen LogP contribution in [0.25, 0.3) is 11.5 Å². The van der Waals surface area contributed by atoms with Crippen molar-refractivity contribution in [3.8, 4) is 11.5 Å². The summed E-state index contributed by atoms with van der Waals surface area (Å²) in [5, 5.41) is 0.657. The Balaban J connectivity index is 1.76. The molecule has 0 bridgehead atoms. The van der Waals surface area contributed by atoms with E-state index in [2.05, 4.69) is 4.98 Å². The van der Waals surface area contributed by atoms with Gasteiger partial charge in [-0.25, -0.2) is 4.98 Å². The highest BCUT2D eigenvalue weighted by atomic mass is 35.5. The van der Waals surface area contributed by atoms with Gasteiger partial charge in [0.05, 0.1) is 12.6 Å². The molecule has 21 heavy (non-hydrogen) atoms. The zero-order valence-corrected chi connectivity index (χ0v) is 11.9. The fourth-order valence-electron chi connectivity index (χ4n) is 2.00. The highest BCUT2D eigenvalue weighted by Gasteiger charge is 2.12. The molecule has 3 nitrogen and oxygen atoms in total. The van der Waals surface area contributed by atoms with E-state index >= 15 is 0 Å². The number of nitrogens with zero attached hydrogens (tertiary/aromatic N) is 1. The maximum atomic E-state index is 12.1. The molecular formula is C17H12ClNO2. The van der Waals surface area contributed by atoms with Gasteiger partial charge in [0.15, 0.2) is 5.78 Å². The molecule has 0 aliphatic heterocycles. The van der Waals surface area contributed by atoms with Gasteiger partial charge in [-0.1, -0.05) is 41.9 Å². The number of Topliss-reactive ketones (excluding diaryl/α,β-unsaturated/α-hetero) is 1. The summed E-state index contributed by atoms with van der Waals surface area (Å²) in [6.07, 6.45) is 1.79. The monoisotopic (exact) mass is 297 g/mol. The highest BCUT2D eigenvalue weighted by molar-refractivity contribution is 6.30. The lowest BCUT2D eigenvalue weighted by atomic mass is 10.1. The molecule has 3 rings (SSSR count). The topological polar surface area (TPSA) is 43.1 Å². The molecule has 0 atom stereocenters. The van der Waals surface area contributed by atoms with Gasteiger partial charge in [0.1, 0.15) is 5.76 Å². The maximum Gasteiger partial charge on any atom is 0.226 e. The van der Waals surface area contributed by atoms with Crippen LogP contribution in [0.2, 0.25) is 5.02 Å². The largest absolute Gasteiger partial charge is 0.441 e. The zero-order chi connectivity index (χ0) is 14.7. The van der Waals surface area contributed by atoms with E-state index in [0.717, 1.165) is 5.56 Å². The first kappa shape index (κ1) is 13.6. The van der Waals surface area contributed by atoms with Crippen molar-refractivity contribution in [3.63, 3.8) is 0 Å². The van der Waals surface area contributed by atoms with Gasteiger partial charge in [0, 0.05) is 16.1 Å². The van der Waals surface area contributed by atoms with Gasteiger partial charge >= 0.3 is 0 Å². The fourth-order valence-corrected chi connectivity index (χ4v) is 2.13. The molecule has 0 aliphatic carbocycles. The third-order valence-electron chi connectivity index (χ3n) is 3.08. The molecule has 104 valence electrons. The van der Waals surface area contributed by atoms with Crippen LogP contribution in [0, 0.1) is 0 Å². The molecule has 1 aromatic heterocycles. The van der Waals surface area contributed by atoms with E-state index in [1.165, 1.54) is 0 Å². The second kappa shape index (κ2) is 5.94. The summed E-state index contributed by atoms with van der Waals surface area (Å²) in [5.41, 5.74) is 1.50. The zero-order valence-electron chi connectivity index (χ0n) is 11.1. The molecule has 0 spiro atoms. The van der Waals surface area contributed by atoms with Gasteiger partial charge in [-0.15, -0.1) is 0 Å². The lowest BCUT2D eigenvalue weighted by molar-refractivity contribution is 0.0987. The standard InChI is InChI=1S/C17H12ClNO2/c18-14-8-6-13(7-9-14)17-19-11-15(21-17)10-16(20)12-4-2-1-3-5-12/h1-9,11H,10H2. The first-order chi connectivity index (χ1) is 10.2. The number of carbonyl (C=O) groups is 1. The molecule has 0 aliphatic rings. The van der Waals surface area contributed by atoms with E-state index in [9.17, 15) is 4.79 Å². The van der Waals surface area contributed by atoms with E-state index < -0.39 is 0 Å². The normalized spacial score (nSPS) is 10.5. The van der Waals surface area contributed by atoms with Crippen molar-refractivity contribution in [2.75, 3.05) is 0 Å². The van der Waals surface area contributed by atoms with Crippen molar-refractivity contribution in [2.45, 2.75) is 6.42 Å². The Morgan fingerprint density at radius 2 is 1.76 bits per heavy atom. The number of ketones is 1. The third kappa shape index (κ3) is 3.20. The molecule has 0 amide bonds. The van der Waals surface area contributed by atoms with Crippen molar-refractivity contribution in [1.29, 1.82) is 0 Å². The van der Waals surface area contributed by atoms with E-state index in [-0.39, 0.29) is 12.2 Å². The van der Waals surface area contributed by atoms with Gasteiger partial charge in [-0.05, 0) is 24.3 Å². The van der Waals surface area contributed by atoms with E-state index in [0.29, 0.717) is 22.2 Å². The lowest BCUT2D eigenvalue weighted by Crippen LogP contribution is -2.02. The van der Waals surface area contributed by atoms with Crippen LogP contribution in [-0.4, -0.2) is 10.8 Å². The smallest absolute Gasteiger partial charge is 0.226 e. The van der Waals surface area contributed by atoms with E-state index in [4.69, 9.17) is 16.0 Å². The van der Waals surface area contributed by atoms with Gasteiger partial charge in [-0.3, -0.25) is 4.79 Å². The predicted octanol–water partition coefficient (Wildman–Crippen LogP) is 4.42. The van der Waals surface area contributed by atoms with Gasteiger partial charge in [0.2, 0.25) is 5.89 Å². The lowest BCUT2D eigenvalue weighted by Gasteiger charge is -1.98. The molecular weight excluding hydrogens is 286 g/mol. The van der Waals surface area contributed by atoms with Crippen molar-refractivity contribution in [3.05, 3.63) is 77.1 Å². The van der Waals surface area contributed by atoms with E-state index in [1.54, 1.807) is 30.5 Å². The second-order valence-electron chi connectivity index (χ2n) is 4.60. The molecule has 0 unspecified atom stereocenters. The van der Waals surface area contributed by atoms with Crippen LogP contribution >= 0.6 is 11.6 Å². The number of benzene rings is 2. The molecule has 0 N–H and O–H groups in total. The Morgan fingerprint density at radius 3 is 2.48 bits per heavy atom. The van der Waals surface area contributed by atoms with Crippen LogP contribution in [-0.2, 0) is 6.42 Å². The van der Waals surface area contributed by atoms with Crippen molar-refractivity contribution in [1.82, 2.24) is 4.98 Å². The Bertz CT molecular complexity index is 748. The summed E-state index contributed by atoms with van der Waals surface area (Å²) in [7, 11) is 0. The summed E-state index contributed by atoms with van der Waals surface area (Å²) in [4.78, 5) is 16.3. The SMILES string of the molecule is O=C(Cc1cnc(-c2ccc(Cl)cc2)o1)c1ccccc1. The molecule has 1 heterocycles. The number of aromatic nitrogens is 1. The Labute approximate surface area is 127 Å². The average Bonchev–Trinajstić information content (AvgIpc) is 2.97. The predicted molar refractivity (Wildman–Crippen MR) is 81.4 cm³/mol. The van der Waals surface area contributed by atoms with Crippen LogP contribution < -0.4 is 0 Å². The summed E-state index contributed by atoms with van der Waals surface area (Å²) >= 11 is 5.85. The summed E-state index contributed by atoms with van der Waals surface area (Å²) in [5.74, 6) is 1.05. The number of halogens is 1. The summed E-state index contributed by atoms with van der Waals surface area (Å²) in [6, 6.07) is 16.3. The quantitative estimate of drug-likeness (QED) is 0.669. The Kier molecular flexibility index (Phi) is 3.84. The van der Waals surface area contributed by atoms with Crippen LogP contribution in [0.1, 0.15) is 16.1 Å². The molecule has 4 heteroatoms. The van der Waals surface area contributed by atoms with Gasteiger partial charge in [-0.2, -0.15) is 0 Å². The molecule has 2 aromatic carbocycles. The first-order valence-electron chi connectivity index (χ1n) is 6.51. The van der Waals surface area contributed by atoms with Gasteiger partial charge in [0.25, 0.3) is 0 Å². The van der Waals surface area contributed by atoms with Gasteiger partial charge < -0.3 is 4.42 Å². The number of oxazole rings is 1. The highest BCUT2D eigenvalue weighted by Crippen LogP contribution is 2.21. The fraction of sp³-hybridized carbons (Fsp3) is 0.0588. The molecule has 0 saturated carbocycles. The molecule has 0 radical (unpaired) electrons. The second-order valence-corrected chi connectivity index (χ2v) is 5.04. The van der Waals surface area contributed by atoms with Crippen LogP contribution in [0.5, 0.6) is 0 Å². The minimum atomic E-state index is 0.00871. The van der Waals surface area contributed by atoms with Crippen LogP contribution in [0.15, 0.2) is 65.2 Å². The number of rotatable bonds is 4. The van der Waals surface area contributed by atoms with Crippen molar-refractivity contribution < 1.29 is 9.21 Å². The molecule has 0 saturated heterocycles. The first-order valence-corrected chi connectivity index (χ1v) is 6.89. The van der Waals surface area contributed by atoms with Crippen LogP contribution in [0.4, 0.5) is 0 Å². The summed E-state index contributed by atoms with van der Waals surface area (Å²) in [6.45, 7) is 0. The average molecular weight is 298 g/mol. The molecule has 0 fully saturated rings. The molecule has 3 aromatic rings. The van der Waals surface area contributed by atoms with E-state index in [1.807, 2.05) is 30.3 Å². The minimum absolute atomic E-state index is 0.00871. The Morgan fingerprint density at radius 1 is 1.05 bits per heavy atom. The minimum Gasteiger partial charge on any atom is -0.441 e. The van der Waals surface area contributed by atoms with Crippen LogP contribution in [0.3, 0.4) is 0 Å².